The fourth-order valence-electron chi connectivity index (χ4n) is 0.789. The molecule has 0 radical (unpaired) electrons. The molecule has 1 heterocycles. The smallest absolute Gasteiger partial charge is 0.407 e. The first-order chi connectivity index (χ1) is 5.95. The molecule has 0 spiro atoms. The molecule has 0 aliphatic carbocycles. The van der Waals surface area contributed by atoms with Gasteiger partial charge in [0.15, 0.2) is 5.06 Å². The molecule has 0 aliphatic heterocycles. The molecule has 0 aromatic carbocycles. The molecule has 0 aliphatic rings. The van der Waals surface area contributed by atoms with E-state index in [4.69, 9.17) is 10.5 Å². The average Bonchev–Trinajstić information content (AvgIpc) is 2.48. The molecule has 2 nitrogen and oxygen atoms in total. The number of hydrogen-bond acceptors (Lipinski definition) is 3. The Kier molecular flexibility index (Phi) is 2.82. The lowest BCUT2D eigenvalue weighted by molar-refractivity contribution is -0.149. The third-order valence-corrected chi connectivity index (χ3v) is 2.42. The van der Waals surface area contributed by atoms with Gasteiger partial charge in [0, 0.05) is 0 Å². The largest absolute Gasteiger partial charge is 0.487 e. The van der Waals surface area contributed by atoms with Gasteiger partial charge in [0.1, 0.15) is 6.04 Å². The highest BCUT2D eigenvalue weighted by atomic mass is 32.1. The topological polar surface area (TPSA) is 35.2 Å². The molecule has 1 aromatic rings. The van der Waals surface area contributed by atoms with E-state index in [-0.39, 0.29) is 5.56 Å². The predicted molar refractivity (Wildman–Crippen MR) is 43.9 cm³/mol. The van der Waals surface area contributed by atoms with Crippen molar-refractivity contribution in [2.24, 2.45) is 5.73 Å². The van der Waals surface area contributed by atoms with Crippen LogP contribution in [-0.2, 0) is 0 Å². The van der Waals surface area contributed by atoms with Crippen molar-refractivity contribution in [2.75, 3.05) is 7.11 Å². The van der Waals surface area contributed by atoms with Crippen LogP contribution >= 0.6 is 11.3 Å². The third kappa shape index (κ3) is 2.35. The van der Waals surface area contributed by atoms with Crippen LogP contribution < -0.4 is 10.5 Å². The monoisotopic (exact) mass is 211 g/mol. The Morgan fingerprint density at radius 1 is 1.54 bits per heavy atom. The maximum absolute atomic E-state index is 12.1. The molecule has 0 amide bonds. The van der Waals surface area contributed by atoms with Crippen LogP contribution in [0.2, 0.25) is 0 Å². The van der Waals surface area contributed by atoms with E-state index in [9.17, 15) is 13.2 Å². The molecule has 0 unspecified atom stereocenters. The van der Waals surface area contributed by atoms with Gasteiger partial charge < -0.3 is 10.5 Å². The van der Waals surface area contributed by atoms with Crippen LogP contribution in [0.4, 0.5) is 13.2 Å². The fourth-order valence-corrected chi connectivity index (χ4v) is 1.56. The van der Waals surface area contributed by atoms with Gasteiger partial charge in [-0.3, -0.25) is 0 Å². The average molecular weight is 211 g/mol. The molecule has 0 bridgehead atoms. The molecule has 0 saturated heterocycles. The van der Waals surface area contributed by atoms with Gasteiger partial charge in [-0.15, -0.1) is 11.3 Å². The first-order valence-corrected chi connectivity index (χ1v) is 4.28. The third-order valence-electron chi connectivity index (χ3n) is 1.51. The molecule has 1 atom stereocenters. The van der Waals surface area contributed by atoms with E-state index in [2.05, 4.69) is 0 Å². The van der Waals surface area contributed by atoms with Gasteiger partial charge in [0.25, 0.3) is 0 Å². The normalized spacial score (nSPS) is 14.2. The van der Waals surface area contributed by atoms with Gasteiger partial charge in [0.05, 0.1) is 7.11 Å². The number of thiophene rings is 1. The van der Waals surface area contributed by atoms with Crippen LogP contribution in [0, 0.1) is 0 Å². The Morgan fingerprint density at radius 2 is 2.15 bits per heavy atom. The van der Waals surface area contributed by atoms with Crippen LogP contribution in [0.3, 0.4) is 0 Å². The molecular weight excluding hydrogens is 203 g/mol. The summed E-state index contributed by atoms with van der Waals surface area (Å²) in [6.07, 6.45) is -4.40. The van der Waals surface area contributed by atoms with E-state index >= 15 is 0 Å². The van der Waals surface area contributed by atoms with Crippen LogP contribution in [0.15, 0.2) is 11.4 Å². The lowest BCUT2D eigenvalue weighted by Crippen LogP contribution is -2.27. The highest BCUT2D eigenvalue weighted by Crippen LogP contribution is 2.34. The molecular formula is C7H8F3NOS. The van der Waals surface area contributed by atoms with Crippen molar-refractivity contribution in [2.45, 2.75) is 12.2 Å². The number of rotatable bonds is 2. The van der Waals surface area contributed by atoms with Crippen molar-refractivity contribution >= 4 is 11.3 Å². The van der Waals surface area contributed by atoms with E-state index in [0.29, 0.717) is 5.06 Å². The Balaban J connectivity index is 2.83. The first-order valence-electron chi connectivity index (χ1n) is 3.40. The van der Waals surface area contributed by atoms with Crippen LogP contribution in [0.5, 0.6) is 5.06 Å². The molecule has 1 rings (SSSR count). The van der Waals surface area contributed by atoms with Crippen LogP contribution in [-0.4, -0.2) is 13.3 Å². The Hall–Kier alpha value is -0.750. The minimum absolute atomic E-state index is 0.0364. The Labute approximate surface area is 77.1 Å². The lowest BCUT2D eigenvalue weighted by Gasteiger charge is -2.13. The molecule has 2 N–H and O–H groups in total. The van der Waals surface area contributed by atoms with E-state index in [1.165, 1.54) is 18.6 Å². The van der Waals surface area contributed by atoms with Crippen molar-refractivity contribution in [3.05, 3.63) is 17.0 Å². The molecule has 6 heteroatoms. The number of methoxy groups -OCH3 is 1. The summed E-state index contributed by atoms with van der Waals surface area (Å²) in [7, 11) is 1.40. The van der Waals surface area contributed by atoms with Gasteiger partial charge in [-0.1, -0.05) is 0 Å². The van der Waals surface area contributed by atoms with E-state index < -0.39 is 12.2 Å². The summed E-state index contributed by atoms with van der Waals surface area (Å²) in [5.41, 5.74) is 5.00. The predicted octanol–water partition coefficient (Wildman–Crippen LogP) is 2.32. The first kappa shape index (κ1) is 10.3. The fraction of sp³-hybridized carbons (Fsp3) is 0.429. The van der Waals surface area contributed by atoms with Crippen LogP contribution in [0.25, 0.3) is 0 Å². The quantitative estimate of drug-likeness (QED) is 0.814. The van der Waals surface area contributed by atoms with Crippen LogP contribution in [0.1, 0.15) is 11.6 Å². The number of alkyl halides is 3. The minimum atomic E-state index is -4.40. The second-order valence-electron chi connectivity index (χ2n) is 2.42. The van der Waals surface area contributed by atoms with E-state index in [1.807, 2.05) is 0 Å². The summed E-state index contributed by atoms with van der Waals surface area (Å²) in [4.78, 5) is 0. The second kappa shape index (κ2) is 3.55. The van der Waals surface area contributed by atoms with Gasteiger partial charge >= 0.3 is 6.18 Å². The van der Waals surface area contributed by atoms with Crippen molar-refractivity contribution in [3.63, 3.8) is 0 Å². The van der Waals surface area contributed by atoms with Gasteiger partial charge in [-0.2, -0.15) is 13.2 Å². The summed E-state index contributed by atoms with van der Waals surface area (Å²) in [6.45, 7) is 0. The Bertz CT molecular complexity index is 284. The van der Waals surface area contributed by atoms with Crippen molar-refractivity contribution in [1.29, 1.82) is 0 Å². The summed E-state index contributed by atoms with van der Waals surface area (Å²) in [6, 6.07) is -0.629. The van der Waals surface area contributed by atoms with Crippen molar-refractivity contribution in [3.8, 4) is 5.06 Å². The number of hydrogen-bond donors (Lipinski definition) is 1. The number of ether oxygens (including phenoxy) is 1. The van der Waals surface area contributed by atoms with E-state index in [1.54, 1.807) is 0 Å². The maximum Gasteiger partial charge on any atom is 0.407 e. The standard InChI is InChI=1S/C7H8F3NOS/c1-12-5-2-4(3-13-5)6(11)7(8,9)10/h2-3,6H,11H2,1H3/t6-/m0/s1. The van der Waals surface area contributed by atoms with Gasteiger partial charge in [-0.25, -0.2) is 0 Å². The summed E-state index contributed by atoms with van der Waals surface area (Å²) in [5, 5.41) is 1.77. The second-order valence-corrected chi connectivity index (χ2v) is 3.30. The zero-order chi connectivity index (χ0) is 10.1. The highest BCUT2D eigenvalue weighted by molar-refractivity contribution is 7.12. The maximum atomic E-state index is 12.1. The summed E-state index contributed by atoms with van der Waals surface area (Å²) in [5.74, 6) is 0. The number of halogens is 3. The Morgan fingerprint density at radius 3 is 2.54 bits per heavy atom. The van der Waals surface area contributed by atoms with Crippen molar-refractivity contribution in [1.82, 2.24) is 0 Å². The summed E-state index contributed by atoms with van der Waals surface area (Å²) >= 11 is 1.09. The lowest BCUT2D eigenvalue weighted by atomic mass is 10.1. The molecule has 1 aromatic heterocycles. The number of nitrogens with two attached hydrogens (primary N) is 1. The van der Waals surface area contributed by atoms with Crippen molar-refractivity contribution < 1.29 is 17.9 Å². The van der Waals surface area contributed by atoms with Gasteiger partial charge in [0.2, 0.25) is 0 Å². The molecule has 13 heavy (non-hydrogen) atoms. The summed E-state index contributed by atoms with van der Waals surface area (Å²) < 4.78 is 41.0. The highest BCUT2D eigenvalue weighted by Gasteiger charge is 2.38. The molecule has 74 valence electrons. The minimum Gasteiger partial charge on any atom is -0.487 e. The SMILES string of the molecule is COc1cc([C@H](N)C(F)(F)F)cs1. The van der Waals surface area contributed by atoms with Gasteiger partial charge in [-0.05, 0) is 17.0 Å². The zero-order valence-corrected chi connectivity index (χ0v) is 7.58. The molecule has 0 fully saturated rings. The van der Waals surface area contributed by atoms with E-state index in [0.717, 1.165) is 11.3 Å². The zero-order valence-electron chi connectivity index (χ0n) is 6.76. The molecule has 0 saturated carbocycles.